The van der Waals surface area contributed by atoms with Gasteiger partial charge >= 0.3 is 0 Å². The van der Waals surface area contributed by atoms with Gasteiger partial charge in [-0.25, -0.2) is 0 Å². The minimum absolute atomic E-state index is 0.276. The van der Waals surface area contributed by atoms with Crippen LogP contribution in [0.2, 0.25) is 0 Å². The highest BCUT2D eigenvalue weighted by Crippen LogP contribution is 2.29. The van der Waals surface area contributed by atoms with E-state index in [1.807, 2.05) is 0 Å². The molecule has 2 bridgehead atoms. The monoisotopic (exact) mass is 260 g/mol. The van der Waals surface area contributed by atoms with Crippen molar-refractivity contribution < 1.29 is 5.11 Å². The summed E-state index contributed by atoms with van der Waals surface area (Å²) in [6.07, 6.45) is 4.44. The number of rotatable bonds is 5. The summed E-state index contributed by atoms with van der Waals surface area (Å²) in [4.78, 5) is 2.58. The highest BCUT2D eigenvalue weighted by molar-refractivity contribution is 5.47. The van der Waals surface area contributed by atoms with Gasteiger partial charge in [0.25, 0.3) is 0 Å². The van der Waals surface area contributed by atoms with Crippen molar-refractivity contribution in [1.82, 2.24) is 4.90 Å². The largest absolute Gasteiger partial charge is 0.396 e. The third-order valence-corrected chi connectivity index (χ3v) is 4.54. The van der Waals surface area contributed by atoms with E-state index in [0.29, 0.717) is 6.04 Å². The van der Waals surface area contributed by atoms with Gasteiger partial charge in [-0.1, -0.05) is 12.1 Å². The van der Waals surface area contributed by atoms with Gasteiger partial charge in [-0.05, 0) is 55.8 Å². The fourth-order valence-corrected chi connectivity index (χ4v) is 3.46. The summed E-state index contributed by atoms with van der Waals surface area (Å²) in [6, 6.07) is 9.34. The molecule has 0 spiro atoms. The smallest absolute Gasteiger partial charge is 0.0434 e. The third-order valence-electron chi connectivity index (χ3n) is 4.54. The van der Waals surface area contributed by atoms with Crippen LogP contribution in [0.5, 0.6) is 0 Å². The molecule has 0 amide bonds. The van der Waals surface area contributed by atoms with Gasteiger partial charge in [-0.3, -0.25) is 0 Å². The van der Waals surface area contributed by atoms with Gasteiger partial charge in [-0.15, -0.1) is 0 Å². The van der Waals surface area contributed by atoms with Gasteiger partial charge < -0.3 is 15.3 Å². The standard InChI is InChI=1S/C16H24N2O/c19-10-2-4-13-3-1-5-15(11-13)17-16-7-9-18-8-6-14(16)12-18/h1,3,5,11,14,16-17,19H,2,4,6-10,12H2. The molecular formula is C16H24N2O. The zero-order chi connectivity index (χ0) is 13.1. The lowest BCUT2D eigenvalue weighted by Crippen LogP contribution is -2.39. The summed E-state index contributed by atoms with van der Waals surface area (Å²) in [5, 5.41) is 12.6. The average molecular weight is 260 g/mol. The van der Waals surface area contributed by atoms with Crippen molar-refractivity contribution in [2.45, 2.75) is 31.7 Å². The van der Waals surface area contributed by atoms with Gasteiger partial charge in [0.05, 0.1) is 0 Å². The first-order chi connectivity index (χ1) is 9.35. The summed E-state index contributed by atoms with van der Waals surface area (Å²) < 4.78 is 0. The van der Waals surface area contributed by atoms with E-state index in [1.54, 1.807) is 0 Å². The van der Waals surface area contributed by atoms with E-state index >= 15 is 0 Å². The Bertz CT molecular complexity index is 421. The van der Waals surface area contributed by atoms with E-state index in [4.69, 9.17) is 5.11 Å². The number of benzene rings is 1. The highest BCUT2D eigenvalue weighted by Gasteiger charge is 2.33. The fourth-order valence-electron chi connectivity index (χ4n) is 3.46. The molecule has 104 valence electrons. The van der Waals surface area contributed by atoms with Crippen molar-refractivity contribution in [2.75, 3.05) is 31.6 Å². The molecule has 2 saturated heterocycles. The molecular weight excluding hydrogens is 236 g/mol. The number of hydrogen-bond donors (Lipinski definition) is 2. The quantitative estimate of drug-likeness (QED) is 0.851. The molecule has 2 N–H and O–H groups in total. The van der Waals surface area contributed by atoms with E-state index in [1.165, 1.54) is 43.7 Å². The first-order valence-electron chi connectivity index (χ1n) is 7.54. The maximum absolute atomic E-state index is 8.91. The molecule has 3 unspecified atom stereocenters. The van der Waals surface area contributed by atoms with Crippen LogP contribution in [0.15, 0.2) is 24.3 Å². The van der Waals surface area contributed by atoms with Crippen molar-refractivity contribution >= 4 is 5.69 Å². The minimum Gasteiger partial charge on any atom is -0.396 e. The van der Waals surface area contributed by atoms with Gasteiger partial charge in [0, 0.05) is 31.4 Å². The molecule has 1 aromatic rings. The number of aryl methyl sites for hydroxylation is 1. The second-order valence-corrected chi connectivity index (χ2v) is 5.92. The molecule has 0 radical (unpaired) electrons. The zero-order valence-electron chi connectivity index (χ0n) is 11.5. The Kier molecular flexibility index (Phi) is 4.04. The summed E-state index contributed by atoms with van der Waals surface area (Å²) in [5.41, 5.74) is 2.57. The number of anilines is 1. The van der Waals surface area contributed by atoms with Crippen LogP contribution in [0, 0.1) is 5.92 Å². The number of aliphatic hydroxyl groups is 1. The predicted molar refractivity (Wildman–Crippen MR) is 78.4 cm³/mol. The molecule has 3 rings (SSSR count). The SMILES string of the molecule is OCCCc1cccc(NC2CCN3CCC2C3)c1. The van der Waals surface area contributed by atoms with Crippen molar-refractivity contribution in [1.29, 1.82) is 0 Å². The average Bonchev–Trinajstić information content (AvgIpc) is 2.83. The van der Waals surface area contributed by atoms with E-state index in [-0.39, 0.29) is 6.61 Å². The third kappa shape index (κ3) is 3.10. The maximum Gasteiger partial charge on any atom is 0.0434 e. The van der Waals surface area contributed by atoms with Crippen LogP contribution in [0.3, 0.4) is 0 Å². The molecule has 2 aliphatic rings. The molecule has 19 heavy (non-hydrogen) atoms. The van der Waals surface area contributed by atoms with Crippen molar-refractivity contribution in [3.05, 3.63) is 29.8 Å². The fraction of sp³-hybridized carbons (Fsp3) is 0.625. The van der Waals surface area contributed by atoms with Crippen LogP contribution in [-0.2, 0) is 6.42 Å². The minimum atomic E-state index is 0.276. The van der Waals surface area contributed by atoms with E-state index in [9.17, 15) is 0 Å². The van der Waals surface area contributed by atoms with Crippen LogP contribution < -0.4 is 5.32 Å². The molecule has 0 aromatic heterocycles. The molecule has 3 nitrogen and oxygen atoms in total. The topological polar surface area (TPSA) is 35.5 Å². The van der Waals surface area contributed by atoms with Crippen LogP contribution in [-0.4, -0.2) is 42.3 Å². The van der Waals surface area contributed by atoms with Crippen LogP contribution in [0.1, 0.15) is 24.8 Å². The Labute approximate surface area is 115 Å². The summed E-state index contributed by atoms with van der Waals surface area (Å²) >= 11 is 0. The maximum atomic E-state index is 8.91. The number of nitrogens with one attached hydrogen (secondary N) is 1. The van der Waals surface area contributed by atoms with Crippen LogP contribution in [0.4, 0.5) is 5.69 Å². The Hall–Kier alpha value is -1.06. The Balaban J connectivity index is 1.62. The van der Waals surface area contributed by atoms with Crippen molar-refractivity contribution in [2.24, 2.45) is 5.92 Å². The normalized spacial score (nSPS) is 29.4. The van der Waals surface area contributed by atoms with Gasteiger partial charge in [0.15, 0.2) is 0 Å². The molecule has 2 fully saturated rings. The molecule has 3 heteroatoms. The lowest BCUT2D eigenvalue weighted by molar-refractivity contribution is 0.255. The molecule has 1 aromatic carbocycles. The predicted octanol–water partition coefficient (Wildman–Crippen LogP) is 2.12. The molecule has 2 aliphatic heterocycles. The molecule has 0 aliphatic carbocycles. The lowest BCUT2D eigenvalue weighted by atomic mass is 9.94. The first-order valence-corrected chi connectivity index (χ1v) is 7.54. The number of aliphatic hydroxyl groups excluding tert-OH is 1. The highest BCUT2D eigenvalue weighted by atomic mass is 16.2. The van der Waals surface area contributed by atoms with Gasteiger partial charge in [0.1, 0.15) is 0 Å². The van der Waals surface area contributed by atoms with Crippen LogP contribution in [0.25, 0.3) is 0 Å². The second-order valence-electron chi connectivity index (χ2n) is 5.92. The zero-order valence-corrected chi connectivity index (χ0v) is 11.5. The van der Waals surface area contributed by atoms with E-state index in [2.05, 4.69) is 34.5 Å². The number of nitrogens with zero attached hydrogens (tertiary/aromatic N) is 1. The lowest BCUT2D eigenvalue weighted by Gasteiger charge is -2.31. The van der Waals surface area contributed by atoms with Crippen molar-refractivity contribution in [3.63, 3.8) is 0 Å². The number of fused-ring (bicyclic) bond motifs is 2. The number of hydrogen-bond acceptors (Lipinski definition) is 3. The first kappa shape index (κ1) is 12.9. The second kappa shape index (κ2) is 5.93. The molecule has 3 atom stereocenters. The number of piperidine rings is 1. The van der Waals surface area contributed by atoms with E-state index < -0.39 is 0 Å². The van der Waals surface area contributed by atoms with Crippen LogP contribution >= 0.6 is 0 Å². The Morgan fingerprint density at radius 1 is 1.26 bits per heavy atom. The summed E-state index contributed by atoms with van der Waals surface area (Å²) in [5.74, 6) is 0.829. The Morgan fingerprint density at radius 2 is 2.16 bits per heavy atom. The van der Waals surface area contributed by atoms with Gasteiger partial charge in [0.2, 0.25) is 0 Å². The Morgan fingerprint density at radius 3 is 3.05 bits per heavy atom. The summed E-state index contributed by atoms with van der Waals surface area (Å²) in [7, 11) is 0. The molecule has 2 heterocycles. The summed E-state index contributed by atoms with van der Waals surface area (Å²) in [6.45, 7) is 4.10. The van der Waals surface area contributed by atoms with E-state index in [0.717, 1.165) is 18.8 Å². The molecule has 0 saturated carbocycles. The van der Waals surface area contributed by atoms with Gasteiger partial charge in [-0.2, -0.15) is 0 Å². The van der Waals surface area contributed by atoms with Crippen molar-refractivity contribution in [3.8, 4) is 0 Å².